The van der Waals surface area contributed by atoms with Gasteiger partial charge in [0.05, 0.1) is 5.58 Å². The normalized spacial score (nSPS) is 11.8. The van der Waals surface area contributed by atoms with Crippen LogP contribution in [0.4, 0.5) is 0 Å². The fourth-order valence-electron chi connectivity index (χ4n) is 4.26. The first kappa shape index (κ1) is 23.4. The smallest absolute Gasteiger partial charge is 0.127 e. The summed E-state index contributed by atoms with van der Waals surface area (Å²) in [5.41, 5.74) is 8.72. The van der Waals surface area contributed by atoms with E-state index in [1.807, 2.05) is 6.20 Å². The maximum Gasteiger partial charge on any atom is 0.127 e. The molecule has 33 heavy (non-hydrogen) atoms. The second kappa shape index (κ2) is 8.89. The summed E-state index contributed by atoms with van der Waals surface area (Å²) in [6.07, 6.45) is 1.88. The van der Waals surface area contributed by atoms with E-state index in [2.05, 4.69) is 112 Å². The van der Waals surface area contributed by atoms with Crippen molar-refractivity contribution in [3.8, 4) is 22.4 Å². The largest absolute Gasteiger partial charge is 0.476 e. The summed E-state index contributed by atoms with van der Waals surface area (Å²) in [6.45, 7) is 11.1. The summed E-state index contributed by atoms with van der Waals surface area (Å²) in [5.74, 6) is 0.357. The molecule has 0 aliphatic rings. The van der Waals surface area contributed by atoms with Crippen molar-refractivity contribution in [3.05, 3.63) is 90.1 Å². The van der Waals surface area contributed by atoms with Crippen LogP contribution >= 0.6 is 0 Å². The van der Waals surface area contributed by atoms with E-state index in [-0.39, 0.29) is 25.5 Å². The first-order valence-electron chi connectivity index (χ1n) is 11.3. The Morgan fingerprint density at radius 2 is 1.64 bits per heavy atom. The van der Waals surface area contributed by atoms with Gasteiger partial charge < -0.3 is 9.40 Å². The Bertz CT molecular complexity index is 1420. The molecule has 0 spiro atoms. The second-order valence-corrected chi connectivity index (χ2v) is 9.87. The molecular formula is C30H28IrNO-. The minimum atomic E-state index is 0. The van der Waals surface area contributed by atoms with Gasteiger partial charge in [-0.05, 0) is 56.8 Å². The molecule has 0 unspecified atom stereocenters. The molecule has 169 valence electrons. The molecule has 2 aromatic heterocycles. The average Bonchev–Trinajstić information content (AvgIpc) is 3.16. The minimum Gasteiger partial charge on any atom is -0.476 e. The number of pyridine rings is 1. The molecular weight excluding hydrogens is 583 g/mol. The molecule has 0 fully saturated rings. The van der Waals surface area contributed by atoms with Crippen LogP contribution in [0.15, 0.2) is 77.3 Å². The van der Waals surface area contributed by atoms with Gasteiger partial charge in [0, 0.05) is 26.3 Å². The van der Waals surface area contributed by atoms with Gasteiger partial charge in [0.1, 0.15) is 5.58 Å². The van der Waals surface area contributed by atoms with Crippen molar-refractivity contribution in [2.24, 2.45) is 0 Å². The maximum atomic E-state index is 6.45. The monoisotopic (exact) mass is 611 g/mol. The molecule has 3 heteroatoms. The van der Waals surface area contributed by atoms with Gasteiger partial charge in [-0.2, -0.15) is 0 Å². The summed E-state index contributed by atoms with van der Waals surface area (Å²) < 4.78 is 6.45. The van der Waals surface area contributed by atoms with E-state index in [1.165, 1.54) is 22.3 Å². The Hall–Kier alpha value is -2.74. The molecule has 0 saturated carbocycles. The maximum absolute atomic E-state index is 6.45. The van der Waals surface area contributed by atoms with Crippen LogP contribution in [0.1, 0.15) is 51.7 Å². The Labute approximate surface area is 209 Å². The summed E-state index contributed by atoms with van der Waals surface area (Å²) in [7, 11) is 0. The third-order valence-electron chi connectivity index (χ3n) is 6.16. The number of furan rings is 1. The molecule has 1 radical (unpaired) electrons. The van der Waals surface area contributed by atoms with Gasteiger partial charge in [-0.15, -0.1) is 17.7 Å². The van der Waals surface area contributed by atoms with Crippen molar-refractivity contribution >= 4 is 21.9 Å². The zero-order valence-corrected chi connectivity index (χ0v) is 22.1. The van der Waals surface area contributed by atoms with Crippen molar-refractivity contribution in [2.45, 2.75) is 46.0 Å². The molecule has 3 aromatic carbocycles. The van der Waals surface area contributed by atoms with Gasteiger partial charge in [0.2, 0.25) is 0 Å². The standard InChI is InChI=1S/C30H28NO.Ir/c1-19(2)25-15-22(20-9-7-6-8-10-20)16-26-24-12-11-21(17-28(24)32-29(25)26)27-18-23(13-14-31-27)30(3,4)5;/h6-10,12-19H,1-5H3;/q-1;. The minimum absolute atomic E-state index is 0. The molecule has 5 rings (SSSR count). The van der Waals surface area contributed by atoms with Crippen LogP contribution < -0.4 is 0 Å². The first-order valence-corrected chi connectivity index (χ1v) is 11.3. The van der Waals surface area contributed by atoms with Gasteiger partial charge in [-0.1, -0.05) is 88.5 Å². The van der Waals surface area contributed by atoms with Crippen LogP contribution in [0, 0.1) is 6.07 Å². The molecule has 0 aliphatic heterocycles. The first-order chi connectivity index (χ1) is 15.3. The number of benzene rings is 3. The fourth-order valence-corrected chi connectivity index (χ4v) is 4.26. The number of nitrogens with zero attached hydrogens (tertiary/aromatic N) is 1. The predicted molar refractivity (Wildman–Crippen MR) is 134 cm³/mol. The van der Waals surface area contributed by atoms with Crippen LogP contribution in [0.2, 0.25) is 0 Å². The summed E-state index contributed by atoms with van der Waals surface area (Å²) >= 11 is 0. The topological polar surface area (TPSA) is 26.0 Å². The van der Waals surface area contributed by atoms with Gasteiger partial charge >= 0.3 is 0 Å². The van der Waals surface area contributed by atoms with E-state index in [0.29, 0.717) is 5.92 Å². The molecule has 0 bridgehead atoms. The van der Waals surface area contributed by atoms with Crippen LogP contribution in [0.5, 0.6) is 0 Å². The second-order valence-electron chi connectivity index (χ2n) is 9.87. The van der Waals surface area contributed by atoms with Crippen LogP contribution in [-0.2, 0) is 25.5 Å². The molecule has 5 aromatic rings. The number of aromatic nitrogens is 1. The van der Waals surface area contributed by atoms with E-state index in [1.54, 1.807) is 0 Å². The Morgan fingerprint density at radius 1 is 0.879 bits per heavy atom. The van der Waals surface area contributed by atoms with E-state index < -0.39 is 0 Å². The van der Waals surface area contributed by atoms with E-state index in [4.69, 9.17) is 4.42 Å². The molecule has 0 amide bonds. The summed E-state index contributed by atoms with van der Waals surface area (Å²) in [6, 6.07) is 26.9. The van der Waals surface area contributed by atoms with E-state index in [0.717, 1.165) is 33.2 Å². The van der Waals surface area contributed by atoms with Crippen molar-refractivity contribution in [2.75, 3.05) is 0 Å². The number of hydrogen-bond donors (Lipinski definition) is 0. The molecule has 0 aliphatic carbocycles. The van der Waals surface area contributed by atoms with Crippen LogP contribution in [0.3, 0.4) is 0 Å². The number of fused-ring (bicyclic) bond motifs is 3. The van der Waals surface area contributed by atoms with Crippen molar-refractivity contribution in [1.82, 2.24) is 4.98 Å². The molecule has 0 saturated heterocycles. The summed E-state index contributed by atoms with van der Waals surface area (Å²) in [5, 5.41) is 2.24. The van der Waals surface area contributed by atoms with Gasteiger partial charge in [0.15, 0.2) is 0 Å². The fraction of sp³-hybridized carbons (Fsp3) is 0.233. The number of hydrogen-bond acceptors (Lipinski definition) is 2. The number of rotatable bonds is 3. The zero-order valence-electron chi connectivity index (χ0n) is 19.7. The molecule has 0 N–H and O–H groups in total. The quantitative estimate of drug-likeness (QED) is 0.191. The van der Waals surface area contributed by atoms with Crippen molar-refractivity contribution in [1.29, 1.82) is 0 Å². The third-order valence-corrected chi connectivity index (χ3v) is 6.16. The molecule has 0 atom stereocenters. The van der Waals surface area contributed by atoms with E-state index >= 15 is 0 Å². The predicted octanol–water partition coefficient (Wildman–Crippen LogP) is 8.53. The van der Waals surface area contributed by atoms with Crippen molar-refractivity contribution < 1.29 is 24.5 Å². The van der Waals surface area contributed by atoms with Crippen LogP contribution in [0.25, 0.3) is 44.3 Å². The van der Waals surface area contributed by atoms with Gasteiger partial charge in [0.25, 0.3) is 0 Å². The SMILES string of the molecule is CC(C)c1cc(-c2ccccc2)cc2c1oc1cc(-c3cc(C(C)(C)C)ccn3)[c-]cc12.[Ir]. The van der Waals surface area contributed by atoms with Crippen LogP contribution in [-0.4, -0.2) is 4.98 Å². The Morgan fingerprint density at radius 3 is 2.33 bits per heavy atom. The van der Waals surface area contributed by atoms with Gasteiger partial charge in [-0.25, -0.2) is 0 Å². The third kappa shape index (κ3) is 4.40. The Balaban J connectivity index is 0.00000259. The zero-order chi connectivity index (χ0) is 22.5. The van der Waals surface area contributed by atoms with Gasteiger partial charge in [-0.3, -0.25) is 0 Å². The van der Waals surface area contributed by atoms with E-state index in [9.17, 15) is 0 Å². The summed E-state index contributed by atoms with van der Waals surface area (Å²) in [4.78, 5) is 4.61. The molecule has 2 nitrogen and oxygen atoms in total. The Kier molecular flexibility index (Phi) is 6.31. The molecule has 2 heterocycles. The average molecular weight is 611 g/mol. The van der Waals surface area contributed by atoms with Crippen molar-refractivity contribution in [3.63, 3.8) is 0 Å².